The third-order valence-corrected chi connectivity index (χ3v) is 7.29. The molecule has 1 atom stereocenters. The Morgan fingerprint density at radius 1 is 1.15 bits per heavy atom. The zero-order valence-electron chi connectivity index (χ0n) is 19.2. The molecule has 0 aliphatic carbocycles. The van der Waals surface area contributed by atoms with Gasteiger partial charge in [0.1, 0.15) is 5.58 Å². The van der Waals surface area contributed by atoms with Crippen LogP contribution in [0.3, 0.4) is 0 Å². The summed E-state index contributed by atoms with van der Waals surface area (Å²) >= 11 is 1.39. The minimum Gasteiger partial charge on any atom is -0.465 e. The number of ether oxygens (including phenoxy) is 1. The van der Waals surface area contributed by atoms with E-state index < -0.39 is 17.9 Å². The standard InChI is InChI=1S/C26H22N2O5S/c1-5-15-6-11-19-18(12-15)22(29)20-21(16-7-9-17(10-8-16)25(31)32-4)28(24(30)23(20)33-19)26-27-13(2)14(3)34-26/h6-12,21H,5H2,1-4H3. The predicted molar refractivity (Wildman–Crippen MR) is 130 cm³/mol. The van der Waals surface area contributed by atoms with Crippen LogP contribution in [0.2, 0.25) is 0 Å². The van der Waals surface area contributed by atoms with E-state index in [1.807, 2.05) is 32.9 Å². The summed E-state index contributed by atoms with van der Waals surface area (Å²) in [7, 11) is 1.32. The van der Waals surface area contributed by atoms with Crippen LogP contribution in [0.4, 0.5) is 5.13 Å². The van der Waals surface area contributed by atoms with Gasteiger partial charge >= 0.3 is 5.97 Å². The van der Waals surface area contributed by atoms with E-state index in [0.717, 1.165) is 22.6 Å². The van der Waals surface area contributed by atoms with Crippen LogP contribution in [0, 0.1) is 13.8 Å². The van der Waals surface area contributed by atoms with Gasteiger partial charge < -0.3 is 9.15 Å². The number of hydrogen-bond donors (Lipinski definition) is 0. The molecule has 3 heterocycles. The Labute approximate surface area is 199 Å². The number of carbonyl (C=O) groups is 2. The van der Waals surface area contributed by atoms with Crippen LogP contribution >= 0.6 is 11.3 Å². The summed E-state index contributed by atoms with van der Waals surface area (Å²) in [4.78, 5) is 46.4. The molecule has 0 radical (unpaired) electrons. The molecular formula is C26H22N2O5S. The van der Waals surface area contributed by atoms with Gasteiger partial charge in [-0.1, -0.05) is 25.1 Å². The fraction of sp³-hybridized carbons (Fsp3) is 0.231. The summed E-state index contributed by atoms with van der Waals surface area (Å²) in [6, 6.07) is 11.4. The van der Waals surface area contributed by atoms with Gasteiger partial charge in [0.05, 0.1) is 35.4 Å². The lowest BCUT2D eigenvalue weighted by Crippen LogP contribution is -2.29. The molecule has 0 spiro atoms. The van der Waals surface area contributed by atoms with Gasteiger partial charge in [-0.2, -0.15) is 0 Å². The molecule has 0 bridgehead atoms. The Kier molecular flexibility index (Phi) is 5.32. The van der Waals surface area contributed by atoms with E-state index in [-0.39, 0.29) is 16.8 Å². The first-order valence-corrected chi connectivity index (χ1v) is 11.7. The SMILES string of the molecule is CCc1ccc2oc3c(c(=O)c2c1)C(c1ccc(C(=O)OC)cc1)N(c1nc(C)c(C)s1)C3=O. The zero-order chi connectivity index (χ0) is 24.1. The summed E-state index contributed by atoms with van der Waals surface area (Å²) in [6.07, 6.45) is 0.771. The summed E-state index contributed by atoms with van der Waals surface area (Å²) in [6.45, 7) is 5.84. The number of rotatable bonds is 4. The summed E-state index contributed by atoms with van der Waals surface area (Å²) in [5, 5.41) is 0.932. The lowest BCUT2D eigenvalue weighted by Gasteiger charge is -2.22. The number of nitrogens with zero attached hydrogens (tertiary/aromatic N) is 2. The molecule has 172 valence electrons. The molecule has 4 aromatic rings. The fourth-order valence-electron chi connectivity index (χ4n) is 4.23. The van der Waals surface area contributed by atoms with Crippen molar-refractivity contribution in [1.29, 1.82) is 0 Å². The first-order valence-electron chi connectivity index (χ1n) is 10.9. The number of benzene rings is 2. The quantitative estimate of drug-likeness (QED) is 0.388. The Morgan fingerprint density at radius 2 is 1.88 bits per heavy atom. The number of esters is 1. The number of carbonyl (C=O) groups excluding carboxylic acids is 2. The second kappa shape index (κ2) is 8.22. The molecule has 7 nitrogen and oxygen atoms in total. The van der Waals surface area contributed by atoms with Crippen LogP contribution < -0.4 is 10.3 Å². The molecule has 1 amide bonds. The monoisotopic (exact) mass is 474 g/mol. The van der Waals surface area contributed by atoms with E-state index in [4.69, 9.17) is 9.15 Å². The lowest BCUT2D eigenvalue weighted by molar-refractivity contribution is 0.0600. The average molecular weight is 475 g/mol. The third kappa shape index (κ3) is 3.33. The highest BCUT2D eigenvalue weighted by Gasteiger charge is 2.45. The normalized spacial score (nSPS) is 15.1. The molecule has 0 N–H and O–H groups in total. The van der Waals surface area contributed by atoms with Crippen LogP contribution in [0.15, 0.2) is 51.7 Å². The highest BCUT2D eigenvalue weighted by molar-refractivity contribution is 7.15. The van der Waals surface area contributed by atoms with Gasteiger partial charge in [0.15, 0.2) is 10.6 Å². The van der Waals surface area contributed by atoms with E-state index in [1.165, 1.54) is 23.3 Å². The van der Waals surface area contributed by atoms with Crippen LogP contribution in [-0.4, -0.2) is 24.0 Å². The lowest BCUT2D eigenvalue weighted by atomic mass is 9.97. The Morgan fingerprint density at radius 3 is 2.50 bits per heavy atom. The highest BCUT2D eigenvalue weighted by atomic mass is 32.1. The first kappa shape index (κ1) is 22.0. The maximum atomic E-state index is 13.8. The van der Waals surface area contributed by atoms with Crippen molar-refractivity contribution in [2.24, 2.45) is 0 Å². The van der Waals surface area contributed by atoms with Crippen molar-refractivity contribution in [1.82, 2.24) is 4.98 Å². The van der Waals surface area contributed by atoms with E-state index in [1.54, 1.807) is 30.3 Å². The second-order valence-electron chi connectivity index (χ2n) is 8.19. The van der Waals surface area contributed by atoms with Crippen molar-refractivity contribution in [3.8, 4) is 0 Å². The maximum absolute atomic E-state index is 13.8. The molecule has 8 heteroatoms. The summed E-state index contributed by atoms with van der Waals surface area (Å²) in [5.74, 6) is -0.853. The Hall–Kier alpha value is -3.78. The molecule has 2 aromatic carbocycles. The average Bonchev–Trinajstić information content (AvgIpc) is 3.34. The molecule has 0 saturated carbocycles. The molecule has 2 aromatic heterocycles. The molecule has 0 fully saturated rings. The molecule has 0 saturated heterocycles. The molecular weight excluding hydrogens is 452 g/mol. The number of anilines is 1. The van der Waals surface area contributed by atoms with Crippen LogP contribution in [0.1, 0.15) is 61.1 Å². The van der Waals surface area contributed by atoms with Crippen LogP contribution in [-0.2, 0) is 11.2 Å². The van der Waals surface area contributed by atoms with Gasteiger partial charge in [0.2, 0.25) is 5.76 Å². The molecule has 34 heavy (non-hydrogen) atoms. The van der Waals surface area contributed by atoms with Gasteiger partial charge in [-0.05, 0) is 55.7 Å². The number of aromatic nitrogens is 1. The molecule has 1 unspecified atom stereocenters. The van der Waals surface area contributed by atoms with Crippen molar-refractivity contribution in [2.45, 2.75) is 33.2 Å². The second-order valence-corrected chi connectivity index (χ2v) is 9.37. The van der Waals surface area contributed by atoms with Crippen molar-refractivity contribution < 1.29 is 18.7 Å². The number of aryl methyl sites for hydroxylation is 3. The topological polar surface area (TPSA) is 89.7 Å². The van der Waals surface area contributed by atoms with Crippen molar-refractivity contribution >= 4 is 39.3 Å². The Bertz CT molecular complexity index is 1500. The molecule has 1 aliphatic rings. The number of fused-ring (bicyclic) bond motifs is 2. The van der Waals surface area contributed by atoms with Crippen molar-refractivity contribution in [3.63, 3.8) is 0 Å². The summed E-state index contributed by atoms with van der Waals surface area (Å²) < 4.78 is 10.8. The van der Waals surface area contributed by atoms with Crippen molar-refractivity contribution in [3.05, 3.63) is 91.3 Å². The largest absolute Gasteiger partial charge is 0.465 e. The molecule has 5 rings (SSSR count). The van der Waals surface area contributed by atoms with E-state index >= 15 is 0 Å². The molecule has 1 aliphatic heterocycles. The highest BCUT2D eigenvalue weighted by Crippen LogP contribution is 2.43. The van der Waals surface area contributed by atoms with Crippen LogP contribution in [0.25, 0.3) is 11.0 Å². The minimum absolute atomic E-state index is 0.0225. The van der Waals surface area contributed by atoms with E-state index in [9.17, 15) is 14.4 Å². The predicted octanol–water partition coefficient (Wildman–Crippen LogP) is 4.97. The van der Waals surface area contributed by atoms with Gasteiger partial charge in [0.25, 0.3) is 5.91 Å². The Balaban J connectivity index is 1.76. The van der Waals surface area contributed by atoms with Crippen molar-refractivity contribution in [2.75, 3.05) is 12.0 Å². The smallest absolute Gasteiger partial charge is 0.337 e. The minimum atomic E-state index is -0.731. The van der Waals surface area contributed by atoms with Gasteiger partial charge in [-0.15, -0.1) is 11.3 Å². The van der Waals surface area contributed by atoms with Gasteiger partial charge in [-0.3, -0.25) is 14.5 Å². The van der Waals surface area contributed by atoms with E-state index in [0.29, 0.717) is 27.2 Å². The first-order chi connectivity index (χ1) is 16.3. The van der Waals surface area contributed by atoms with Gasteiger partial charge in [0, 0.05) is 4.88 Å². The number of methoxy groups -OCH3 is 1. The fourth-order valence-corrected chi connectivity index (χ4v) is 5.17. The van der Waals surface area contributed by atoms with E-state index in [2.05, 4.69) is 4.98 Å². The van der Waals surface area contributed by atoms with Crippen LogP contribution in [0.5, 0.6) is 0 Å². The zero-order valence-corrected chi connectivity index (χ0v) is 20.0. The number of hydrogen-bond acceptors (Lipinski definition) is 7. The number of thiazole rings is 1. The third-order valence-electron chi connectivity index (χ3n) is 6.21. The summed E-state index contributed by atoms with van der Waals surface area (Å²) in [5.41, 5.74) is 3.29. The van der Waals surface area contributed by atoms with Gasteiger partial charge in [-0.25, -0.2) is 9.78 Å². The maximum Gasteiger partial charge on any atom is 0.337 e. The number of amides is 1.